The van der Waals surface area contributed by atoms with Crippen LogP contribution in [0.1, 0.15) is 25.0 Å². The van der Waals surface area contributed by atoms with Crippen LogP contribution in [0.3, 0.4) is 0 Å². The summed E-state index contributed by atoms with van der Waals surface area (Å²) in [6, 6.07) is 10.6. The Kier molecular flexibility index (Phi) is 5.88. The minimum absolute atomic E-state index is 0.509. The highest BCUT2D eigenvalue weighted by Crippen LogP contribution is 2.15. The quantitative estimate of drug-likeness (QED) is 0.388. The van der Waals surface area contributed by atoms with Crippen LogP contribution in [0, 0.1) is 6.92 Å². The van der Waals surface area contributed by atoms with Crippen LogP contribution in [0.25, 0.3) is 10.9 Å². The molecule has 0 amide bonds. The number of benzene rings is 1. The van der Waals surface area contributed by atoms with Crippen LogP contribution in [-0.4, -0.2) is 38.4 Å². The predicted molar refractivity (Wildman–Crippen MR) is 105 cm³/mol. The summed E-state index contributed by atoms with van der Waals surface area (Å²) in [4.78, 5) is 4.61. The molecule has 1 aromatic carbocycles. The smallest absolute Gasteiger partial charge is 0.191 e. The fourth-order valence-electron chi connectivity index (χ4n) is 2.87. The number of aryl methyl sites for hydroxylation is 2. The molecular weight excluding hydrogens is 326 g/mol. The third-order valence-corrected chi connectivity index (χ3v) is 4.45. The van der Waals surface area contributed by atoms with E-state index >= 15 is 0 Å². The summed E-state index contributed by atoms with van der Waals surface area (Å²) in [6.45, 7) is 7.17. The van der Waals surface area contributed by atoms with E-state index in [0.717, 1.165) is 43.7 Å². The van der Waals surface area contributed by atoms with Gasteiger partial charge in [-0.2, -0.15) is 0 Å². The lowest BCUT2D eigenvalue weighted by Crippen LogP contribution is -2.38. The molecule has 3 aromatic rings. The Morgan fingerprint density at radius 2 is 2.00 bits per heavy atom. The first-order chi connectivity index (χ1) is 12.7. The van der Waals surface area contributed by atoms with E-state index in [0.29, 0.717) is 6.54 Å². The fraction of sp³-hybridized carbons (Fsp3) is 0.421. The van der Waals surface area contributed by atoms with E-state index in [2.05, 4.69) is 73.8 Å². The normalized spacial score (nSPS) is 11.9. The molecular formula is C19H27N7. The molecule has 0 aliphatic heterocycles. The second kappa shape index (κ2) is 8.51. The van der Waals surface area contributed by atoms with Crippen LogP contribution in [0.5, 0.6) is 0 Å². The van der Waals surface area contributed by atoms with Crippen molar-refractivity contribution in [1.29, 1.82) is 0 Å². The second-order valence-electron chi connectivity index (χ2n) is 6.27. The molecule has 26 heavy (non-hydrogen) atoms. The highest BCUT2D eigenvalue weighted by molar-refractivity contribution is 5.80. The first-order valence-electron chi connectivity index (χ1n) is 9.10. The molecule has 0 aliphatic carbocycles. The van der Waals surface area contributed by atoms with Gasteiger partial charge in [0.25, 0.3) is 0 Å². The van der Waals surface area contributed by atoms with E-state index in [1.54, 1.807) is 0 Å². The van der Waals surface area contributed by atoms with Gasteiger partial charge in [0.05, 0.1) is 0 Å². The lowest BCUT2D eigenvalue weighted by molar-refractivity contribution is 0.640. The Hall–Kier alpha value is -2.83. The number of nitrogens with zero attached hydrogens (tertiary/aromatic N) is 5. The van der Waals surface area contributed by atoms with Crippen molar-refractivity contribution in [2.24, 2.45) is 12.0 Å². The van der Waals surface area contributed by atoms with Gasteiger partial charge in [0.2, 0.25) is 0 Å². The molecule has 0 bridgehead atoms. The van der Waals surface area contributed by atoms with Crippen molar-refractivity contribution >= 4 is 16.9 Å². The molecule has 2 aromatic heterocycles. The summed E-state index contributed by atoms with van der Waals surface area (Å²) in [5.74, 6) is 2.57. The van der Waals surface area contributed by atoms with Crippen LogP contribution in [-0.2, 0) is 20.1 Å². The highest BCUT2D eigenvalue weighted by atomic mass is 15.3. The summed E-state index contributed by atoms with van der Waals surface area (Å²) in [5.41, 5.74) is 1.28. The summed E-state index contributed by atoms with van der Waals surface area (Å²) in [6.07, 6.45) is 3.17. The van der Waals surface area contributed by atoms with Crippen LogP contribution in [0.2, 0.25) is 0 Å². The van der Waals surface area contributed by atoms with Gasteiger partial charge in [-0.05, 0) is 37.8 Å². The molecule has 0 atom stereocenters. The van der Waals surface area contributed by atoms with Gasteiger partial charge in [-0.3, -0.25) is 0 Å². The zero-order valence-electron chi connectivity index (χ0n) is 15.7. The number of aromatic nitrogens is 4. The predicted octanol–water partition coefficient (Wildman–Crippen LogP) is 2.22. The average molecular weight is 353 g/mol. The van der Waals surface area contributed by atoms with E-state index < -0.39 is 0 Å². The maximum absolute atomic E-state index is 4.61. The van der Waals surface area contributed by atoms with Crippen LogP contribution < -0.4 is 10.6 Å². The summed E-state index contributed by atoms with van der Waals surface area (Å²) >= 11 is 0. The van der Waals surface area contributed by atoms with Crippen molar-refractivity contribution in [1.82, 2.24) is 30.0 Å². The standard InChI is InChI=1S/C19H27N7/c1-4-20-19(22-14-18-24-23-15(2)25(18)3)21-11-7-12-26-13-10-16-8-5-6-9-17(16)26/h5-6,8-10,13H,4,7,11-12,14H2,1-3H3,(H2,20,21,22). The van der Waals surface area contributed by atoms with Gasteiger partial charge in [0, 0.05) is 38.4 Å². The molecule has 0 saturated carbocycles. The molecule has 0 fully saturated rings. The number of rotatable bonds is 7. The zero-order chi connectivity index (χ0) is 18.4. The first-order valence-corrected chi connectivity index (χ1v) is 9.10. The van der Waals surface area contributed by atoms with Crippen molar-refractivity contribution in [2.45, 2.75) is 33.4 Å². The summed E-state index contributed by atoms with van der Waals surface area (Å²) < 4.78 is 4.26. The summed E-state index contributed by atoms with van der Waals surface area (Å²) in [7, 11) is 1.96. The first kappa shape index (κ1) is 18.0. The van der Waals surface area contributed by atoms with Gasteiger partial charge in [-0.15, -0.1) is 10.2 Å². The Balaban J connectivity index is 1.52. The fourth-order valence-corrected chi connectivity index (χ4v) is 2.87. The minimum atomic E-state index is 0.509. The van der Waals surface area contributed by atoms with Gasteiger partial charge < -0.3 is 19.8 Å². The van der Waals surface area contributed by atoms with Crippen molar-refractivity contribution in [3.63, 3.8) is 0 Å². The third kappa shape index (κ3) is 4.22. The molecule has 3 rings (SSSR count). The third-order valence-electron chi connectivity index (χ3n) is 4.45. The van der Waals surface area contributed by atoms with E-state index in [1.807, 2.05) is 18.5 Å². The second-order valence-corrected chi connectivity index (χ2v) is 6.27. The van der Waals surface area contributed by atoms with Crippen LogP contribution in [0.15, 0.2) is 41.5 Å². The molecule has 0 aliphatic rings. The van der Waals surface area contributed by atoms with Crippen LogP contribution in [0.4, 0.5) is 0 Å². The topological polar surface area (TPSA) is 72.1 Å². The zero-order valence-corrected chi connectivity index (χ0v) is 15.7. The highest BCUT2D eigenvalue weighted by Gasteiger charge is 2.05. The molecule has 7 heteroatoms. The van der Waals surface area contributed by atoms with Crippen molar-refractivity contribution < 1.29 is 0 Å². The van der Waals surface area contributed by atoms with E-state index in [1.165, 1.54) is 10.9 Å². The SMILES string of the molecule is CCNC(=NCc1nnc(C)n1C)NCCCn1ccc2ccccc21. The Bertz CT molecular complexity index is 875. The number of aliphatic imine (C=N–C) groups is 1. The maximum Gasteiger partial charge on any atom is 0.191 e. The van der Waals surface area contributed by atoms with Gasteiger partial charge in [0.15, 0.2) is 11.8 Å². The molecule has 2 heterocycles. The van der Waals surface area contributed by atoms with E-state index in [4.69, 9.17) is 0 Å². The molecule has 0 saturated heterocycles. The van der Waals surface area contributed by atoms with Crippen LogP contribution >= 0.6 is 0 Å². The van der Waals surface area contributed by atoms with Gasteiger partial charge >= 0.3 is 0 Å². The van der Waals surface area contributed by atoms with Gasteiger partial charge in [-0.1, -0.05) is 18.2 Å². The number of fused-ring (bicyclic) bond motifs is 1. The van der Waals surface area contributed by atoms with Crippen molar-refractivity contribution in [3.8, 4) is 0 Å². The number of hydrogen-bond acceptors (Lipinski definition) is 3. The summed E-state index contributed by atoms with van der Waals surface area (Å²) in [5, 5.41) is 16.2. The Morgan fingerprint density at radius 1 is 1.15 bits per heavy atom. The van der Waals surface area contributed by atoms with Crippen molar-refractivity contribution in [2.75, 3.05) is 13.1 Å². The number of guanidine groups is 1. The van der Waals surface area contributed by atoms with Crippen molar-refractivity contribution in [3.05, 3.63) is 48.2 Å². The molecule has 0 radical (unpaired) electrons. The lowest BCUT2D eigenvalue weighted by Gasteiger charge is -2.12. The van der Waals surface area contributed by atoms with Gasteiger partial charge in [-0.25, -0.2) is 4.99 Å². The number of para-hydroxylation sites is 1. The molecule has 138 valence electrons. The molecule has 0 unspecified atom stereocenters. The monoisotopic (exact) mass is 353 g/mol. The van der Waals surface area contributed by atoms with E-state index in [-0.39, 0.29) is 0 Å². The minimum Gasteiger partial charge on any atom is -0.357 e. The van der Waals surface area contributed by atoms with E-state index in [9.17, 15) is 0 Å². The maximum atomic E-state index is 4.61. The van der Waals surface area contributed by atoms with Gasteiger partial charge in [0.1, 0.15) is 12.4 Å². The number of nitrogens with one attached hydrogen (secondary N) is 2. The molecule has 2 N–H and O–H groups in total. The molecule has 7 nitrogen and oxygen atoms in total. The Labute approximate surface area is 154 Å². The molecule has 0 spiro atoms. The average Bonchev–Trinajstić information content (AvgIpc) is 3.21. The number of hydrogen-bond donors (Lipinski definition) is 2. The Morgan fingerprint density at radius 3 is 2.77 bits per heavy atom. The largest absolute Gasteiger partial charge is 0.357 e. The lowest BCUT2D eigenvalue weighted by atomic mass is 10.2.